The molecule has 0 spiro atoms. The van der Waals surface area contributed by atoms with Gasteiger partial charge in [-0.15, -0.1) is 0 Å². The van der Waals surface area contributed by atoms with Crippen LogP contribution < -0.4 is 5.32 Å². The summed E-state index contributed by atoms with van der Waals surface area (Å²) in [6.07, 6.45) is 8.44. The van der Waals surface area contributed by atoms with Gasteiger partial charge in [0.25, 0.3) is 0 Å². The Bertz CT molecular complexity index is 149. The molecule has 0 aromatic rings. The lowest BCUT2D eigenvalue weighted by molar-refractivity contribution is 0.0551. The molecule has 1 rings (SSSR count). The first-order valence-electron chi connectivity index (χ1n) is 6.38. The normalized spacial score (nSPS) is 21.2. The first-order chi connectivity index (χ1) is 6.62. The maximum Gasteiger partial charge on any atom is 0.00800 e. The number of nitrogens with one attached hydrogen (secondary N) is 1. The molecule has 1 aliphatic carbocycles. The molecule has 0 heterocycles. The molecule has 0 aromatic carbocycles. The highest BCUT2D eigenvalue weighted by atomic mass is 15.0. The lowest BCUT2D eigenvalue weighted by Crippen LogP contribution is -2.50. The van der Waals surface area contributed by atoms with Crippen molar-refractivity contribution < 1.29 is 0 Å². The SMILES string of the molecule is CCCC1(CCC)CC(NC(C)C)C1. The van der Waals surface area contributed by atoms with Gasteiger partial charge in [-0.05, 0) is 31.1 Å². The molecule has 0 amide bonds. The van der Waals surface area contributed by atoms with Crippen LogP contribution >= 0.6 is 0 Å². The first kappa shape index (κ1) is 12.0. The van der Waals surface area contributed by atoms with Crippen molar-refractivity contribution in [3.05, 3.63) is 0 Å². The van der Waals surface area contributed by atoms with Crippen LogP contribution in [0, 0.1) is 5.41 Å². The summed E-state index contributed by atoms with van der Waals surface area (Å²) in [5.74, 6) is 0. The highest BCUT2D eigenvalue weighted by molar-refractivity contribution is 4.97. The minimum absolute atomic E-state index is 0.654. The summed E-state index contributed by atoms with van der Waals surface area (Å²) >= 11 is 0. The fourth-order valence-corrected chi connectivity index (χ4v) is 3.17. The molecule has 1 saturated carbocycles. The van der Waals surface area contributed by atoms with Crippen LogP contribution in [0.1, 0.15) is 66.2 Å². The van der Waals surface area contributed by atoms with Crippen molar-refractivity contribution in [3.8, 4) is 0 Å². The van der Waals surface area contributed by atoms with E-state index in [1.54, 1.807) is 0 Å². The van der Waals surface area contributed by atoms with Crippen LogP contribution in [0.4, 0.5) is 0 Å². The standard InChI is InChI=1S/C13H27N/c1-5-7-13(8-6-2)9-12(10-13)14-11(3)4/h11-12,14H,5-10H2,1-4H3. The van der Waals surface area contributed by atoms with Gasteiger partial charge in [0.05, 0.1) is 0 Å². The van der Waals surface area contributed by atoms with Gasteiger partial charge >= 0.3 is 0 Å². The highest BCUT2D eigenvalue weighted by Gasteiger charge is 2.42. The quantitative estimate of drug-likeness (QED) is 0.684. The summed E-state index contributed by atoms with van der Waals surface area (Å²) in [4.78, 5) is 0. The zero-order chi connectivity index (χ0) is 10.6. The van der Waals surface area contributed by atoms with E-state index in [9.17, 15) is 0 Å². The van der Waals surface area contributed by atoms with E-state index < -0.39 is 0 Å². The molecular formula is C13H27N. The second-order valence-electron chi connectivity index (χ2n) is 5.43. The van der Waals surface area contributed by atoms with Crippen LogP contribution in [0.5, 0.6) is 0 Å². The van der Waals surface area contributed by atoms with E-state index >= 15 is 0 Å². The second-order valence-corrected chi connectivity index (χ2v) is 5.43. The molecule has 0 aromatic heterocycles. The van der Waals surface area contributed by atoms with Gasteiger partial charge in [-0.1, -0.05) is 40.5 Å². The highest BCUT2D eigenvalue weighted by Crippen LogP contribution is 2.48. The van der Waals surface area contributed by atoms with Crippen LogP contribution in [0.25, 0.3) is 0 Å². The van der Waals surface area contributed by atoms with E-state index in [4.69, 9.17) is 0 Å². The van der Waals surface area contributed by atoms with E-state index in [1.807, 2.05) is 0 Å². The first-order valence-corrected chi connectivity index (χ1v) is 6.38. The van der Waals surface area contributed by atoms with Crippen LogP contribution in [-0.4, -0.2) is 12.1 Å². The monoisotopic (exact) mass is 197 g/mol. The fourth-order valence-electron chi connectivity index (χ4n) is 3.17. The maximum atomic E-state index is 3.65. The van der Waals surface area contributed by atoms with E-state index in [0.29, 0.717) is 6.04 Å². The Balaban J connectivity index is 2.31. The molecule has 1 aliphatic rings. The van der Waals surface area contributed by atoms with Crippen LogP contribution in [-0.2, 0) is 0 Å². The third-order valence-electron chi connectivity index (χ3n) is 3.49. The average molecular weight is 197 g/mol. The number of hydrogen-bond acceptors (Lipinski definition) is 1. The summed E-state index contributed by atoms with van der Waals surface area (Å²) < 4.78 is 0. The van der Waals surface area contributed by atoms with Gasteiger partial charge in [-0.2, -0.15) is 0 Å². The second kappa shape index (κ2) is 5.16. The van der Waals surface area contributed by atoms with Gasteiger partial charge in [0, 0.05) is 12.1 Å². The third kappa shape index (κ3) is 2.98. The summed E-state index contributed by atoms with van der Waals surface area (Å²) in [5.41, 5.74) is 0.718. The van der Waals surface area contributed by atoms with Crippen molar-refractivity contribution >= 4 is 0 Å². The van der Waals surface area contributed by atoms with Gasteiger partial charge in [0.15, 0.2) is 0 Å². The minimum atomic E-state index is 0.654. The molecule has 0 saturated heterocycles. The smallest absolute Gasteiger partial charge is 0.00800 e. The molecule has 14 heavy (non-hydrogen) atoms. The van der Waals surface area contributed by atoms with Crippen LogP contribution in [0.2, 0.25) is 0 Å². The Morgan fingerprint density at radius 2 is 1.64 bits per heavy atom. The Labute approximate surface area is 89.7 Å². The van der Waals surface area contributed by atoms with Crippen molar-refractivity contribution in [1.82, 2.24) is 5.32 Å². The van der Waals surface area contributed by atoms with Crippen molar-refractivity contribution in [3.63, 3.8) is 0 Å². The number of hydrogen-bond donors (Lipinski definition) is 1. The van der Waals surface area contributed by atoms with Crippen molar-refractivity contribution in [2.45, 2.75) is 78.3 Å². The van der Waals surface area contributed by atoms with Crippen molar-refractivity contribution in [2.24, 2.45) is 5.41 Å². The predicted octanol–water partition coefficient (Wildman–Crippen LogP) is 3.73. The maximum absolute atomic E-state index is 3.65. The van der Waals surface area contributed by atoms with Crippen LogP contribution in [0.3, 0.4) is 0 Å². The van der Waals surface area contributed by atoms with E-state index in [-0.39, 0.29) is 0 Å². The minimum Gasteiger partial charge on any atom is -0.312 e. The van der Waals surface area contributed by atoms with Crippen LogP contribution in [0.15, 0.2) is 0 Å². The molecular weight excluding hydrogens is 170 g/mol. The molecule has 1 N–H and O–H groups in total. The Morgan fingerprint density at radius 3 is 2.00 bits per heavy atom. The lowest BCUT2D eigenvalue weighted by atomic mass is 9.61. The Morgan fingerprint density at radius 1 is 1.14 bits per heavy atom. The largest absolute Gasteiger partial charge is 0.312 e. The summed E-state index contributed by atoms with van der Waals surface area (Å²) in [6.45, 7) is 9.14. The average Bonchev–Trinajstić information content (AvgIpc) is 2.01. The van der Waals surface area contributed by atoms with E-state index in [2.05, 4.69) is 33.0 Å². The van der Waals surface area contributed by atoms with E-state index in [1.165, 1.54) is 38.5 Å². The van der Waals surface area contributed by atoms with Gasteiger partial charge < -0.3 is 5.32 Å². The van der Waals surface area contributed by atoms with Crippen molar-refractivity contribution in [2.75, 3.05) is 0 Å². The molecule has 84 valence electrons. The predicted molar refractivity (Wildman–Crippen MR) is 63.5 cm³/mol. The fraction of sp³-hybridized carbons (Fsp3) is 1.00. The zero-order valence-corrected chi connectivity index (χ0v) is 10.4. The summed E-state index contributed by atoms with van der Waals surface area (Å²) in [5, 5.41) is 3.65. The summed E-state index contributed by atoms with van der Waals surface area (Å²) in [7, 11) is 0. The molecule has 0 radical (unpaired) electrons. The summed E-state index contributed by atoms with van der Waals surface area (Å²) in [6, 6.07) is 1.47. The molecule has 1 nitrogen and oxygen atoms in total. The molecule has 0 atom stereocenters. The zero-order valence-electron chi connectivity index (χ0n) is 10.4. The third-order valence-corrected chi connectivity index (χ3v) is 3.49. The van der Waals surface area contributed by atoms with Crippen molar-refractivity contribution in [1.29, 1.82) is 0 Å². The Kier molecular flexibility index (Phi) is 4.43. The van der Waals surface area contributed by atoms with Gasteiger partial charge in [0.2, 0.25) is 0 Å². The molecule has 0 bridgehead atoms. The van der Waals surface area contributed by atoms with Gasteiger partial charge in [0.1, 0.15) is 0 Å². The topological polar surface area (TPSA) is 12.0 Å². The molecule has 1 fully saturated rings. The lowest BCUT2D eigenvalue weighted by Gasteiger charge is -2.49. The molecule has 0 unspecified atom stereocenters. The Hall–Kier alpha value is -0.0400. The number of rotatable bonds is 6. The van der Waals surface area contributed by atoms with E-state index in [0.717, 1.165) is 11.5 Å². The van der Waals surface area contributed by atoms with Gasteiger partial charge in [-0.25, -0.2) is 0 Å². The molecule has 1 heteroatoms. The molecule has 0 aliphatic heterocycles. The van der Waals surface area contributed by atoms with Gasteiger partial charge in [-0.3, -0.25) is 0 Å².